The molecular weight excluding hydrogens is 512 g/mol. The number of benzene rings is 3. The molecule has 3 rings (SSSR count). The van der Waals surface area contributed by atoms with Crippen molar-refractivity contribution in [1.29, 1.82) is 0 Å². The molecule has 0 saturated carbocycles. The maximum absolute atomic E-state index is 6.18. The number of hydrogen-bond acceptors (Lipinski definition) is 2. The SMILES string of the molecule is CCCCCCCCOc1ccc(C)cc1/C=C/c1ccc(/C=C/c2cc(C)ccc2OCCCCCCCC)cc1. The molecule has 0 radical (unpaired) electrons. The second kappa shape index (κ2) is 19.8. The molecule has 0 N–H and O–H groups in total. The fourth-order valence-electron chi connectivity index (χ4n) is 5.08. The monoisotopic (exact) mass is 566 g/mol. The van der Waals surface area contributed by atoms with Crippen molar-refractivity contribution in [3.05, 3.63) is 94.0 Å². The zero-order valence-corrected chi connectivity index (χ0v) is 26.8. The maximum Gasteiger partial charge on any atom is 0.126 e. The minimum Gasteiger partial charge on any atom is -0.493 e. The van der Waals surface area contributed by atoms with Crippen molar-refractivity contribution in [1.82, 2.24) is 0 Å². The Labute approximate surface area is 256 Å². The van der Waals surface area contributed by atoms with Crippen LogP contribution in [0.4, 0.5) is 0 Å². The Morgan fingerprint density at radius 3 is 1.24 bits per heavy atom. The van der Waals surface area contributed by atoms with Crippen LogP contribution in [0.25, 0.3) is 24.3 Å². The third-order valence-electron chi connectivity index (χ3n) is 7.69. The van der Waals surface area contributed by atoms with Crippen LogP contribution >= 0.6 is 0 Å². The number of ether oxygens (including phenoxy) is 2. The molecule has 0 unspecified atom stereocenters. The maximum atomic E-state index is 6.18. The highest BCUT2D eigenvalue weighted by Gasteiger charge is 2.04. The largest absolute Gasteiger partial charge is 0.493 e. The van der Waals surface area contributed by atoms with Crippen molar-refractivity contribution >= 4 is 24.3 Å². The summed E-state index contributed by atoms with van der Waals surface area (Å²) in [6.07, 6.45) is 24.0. The predicted molar refractivity (Wildman–Crippen MR) is 184 cm³/mol. The van der Waals surface area contributed by atoms with Gasteiger partial charge in [-0.2, -0.15) is 0 Å². The van der Waals surface area contributed by atoms with Gasteiger partial charge in [-0.1, -0.05) is 150 Å². The van der Waals surface area contributed by atoms with Gasteiger partial charge in [0.2, 0.25) is 0 Å². The first kappa shape index (κ1) is 33.2. The zero-order chi connectivity index (χ0) is 29.8. The molecule has 0 aliphatic rings. The number of rotatable bonds is 20. The Hall–Kier alpha value is -3.26. The van der Waals surface area contributed by atoms with Crippen LogP contribution in [-0.4, -0.2) is 13.2 Å². The highest BCUT2D eigenvalue weighted by atomic mass is 16.5. The normalized spacial score (nSPS) is 11.5. The van der Waals surface area contributed by atoms with Gasteiger partial charge >= 0.3 is 0 Å². The molecule has 0 heterocycles. The minimum absolute atomic E-state index is 0.782. The first-order valence-electron chi connectivity index (χ1n) is 16.5. The third kappa shape index (κ3) is 12.7. The molecule has 3 aromatic rings. The van der Waals surface area contributed by atoms with Crippen LogP contribution in [-0.2, 0) is 0 Å². The van der Waals surface area contributed by atoms with E-state index in [0.29, 0.717) is 0 Å². The molecule has 0 bridgehead atoms. The van der Waals surface area contributed by atoms with E-state index in [2.05, 4.69) is 113 Å². The number of aryl methyl sites for hydroxylation is 2. The van der Waals surface area contributed by atoms with Crippen LogP contribution in [0, 0.1) is 13.8 Å². The summed E-state index contributed by atoms with van der Waals surface area (Å²) in [6, 6.07) is 21.6. The minimum atomic E-state index is 0.782. The van der Waals surface area contributed by atoms with Crippen LogP contribution < -0.4 is 9.47 Å². The predicted octanol–water partition coefficient (Wildman–Crippen LogP) is 12.1. The second-order valence-corrected chi connectivity index (χ2v) is 11.6. The molecule has 0 aliphatic carbocycles. The molecule has 0 aromatic heterocycles. The third-order valence-corrected chi connectivity index (χ3v) is 7.69. The van der Waals surface area contributed by atoms with E-state index in [4.69, 9.17) is 9.47 Å². The van der Waals surface area contributed by atoms with Crippen molar-refractivity contribution in [2.24, 2.45) is 0 Å². The Kier molecular flexibility index (Phi) is 15.7. The van der Waals surface area contributed by atoms with Gasteiger partial charge in [-0.25, -0.2) is 0 Å². The summed E-state index contributed by atoms with van der Waals surface area (Å²) in [7, 11) is 0. The van der Waals surface area contributed by atoms with Crippen LogP contribution in [0.2, 0.25) is 0 Å². The van der Waals surface area contributed by atoms with E-state index in [1.54, 1.807) is 0 Å². The molecule has 0 amide bonds. The second-order valence-electron chi connectivity index (χ2n) is 11.6. The summed E-state index contributed by atoms with van der Waals surface area (Å²) >= 11 is 0. The molecule has 3 aromatic carbocycles. The Bertz CT molecular complexity index is 1120. The fraction of sp³-hybridized carbons (Fsp3) is 0.450. The average Bonchev–Trinajstić information content (AvgIpc) is 3.00. The van der Waals surface area contributed by atoms with Crippen LogP contribution in [0.5, 0.6) is 11.5 Å². The van der Waals surface area contributed by atoms with Crippen molar-refractivity contribution in [3.8, 4) is 11.5 Å². The smallest absolute Gasteiger partial charge is 0.126 e. The van der Waals surface area contributed by atoms with E-state index >= 15 is 0 Å². The molecule has 0 saturated heterocycles. The highest BCUT2D eigenvalue weighted by Crippen LogP contribution is 2.25. The van der Waals surface area contributed by atoms with Crippen molar-refractivity contribution in [2.75, 3.05) is 13.2 Å². The van der Waals surface area contributed by atoms with Gasteiger partial charge in [-0.05, 0) is 62.1 Å². The lowest BCUT2D eigenvalue weighted by molar-refractivity contribution is 0.303. The molecule has 0 fully saturated rings. The summed E-state index contributed by atoms with van der Waals surface area (Å²) in [5.74, 6) is 1.94. The Morgan fingerprint density at radius 1 is 0.452 bits per heavy atom. The summed E-state index contributed by atoms with van der Waals surface area (Å²) in [4.78, 5) is 0. The summed E-state index contributed by atoms with van der Waals surface area (Å²) in [5, 5.41) is 0. The lowest BCUT2D eigenvalue weighted by Crippen LogP contribution is -1.99. The summed E-state index contributed by atoms with van der Waals surface area (Å²) < 4.78 is 12.4. The van der Waals surface area contributed by atoms with E-state index in [0.717, 1.165) is 48.7 Å². The van der Waals surface area contributed by atoms with Gasteiger partial charge in [-0.3, -0.25) is 0 Å². The van der Waals surface area contributed by atoms with Crippen LogP contribution in [0.1, 0.15) is 124 Å². The quantitative estimate of drug-likeness (QED) is 0.1000. The fourth-order valence-corrected chi connectivity index (χ4v) is 5.08. The van der Waals surface area contributed by atoms with Crippen LogP contribution in [0.15, 0.2) is 60.7 Å². The van der Waals surface area contributed by atoms with Crippen molar-refractivity contribution < 1.29 is 9.47 Å². The molecule has 0 atom stereocenters. The van der Waals surface area contributed by atoms with Crippen LogP contribution in [0.3, 0.4) is 0 Å². The van der Waals surface area contributed by atoms with Gasteiger partial charge in [0.1, 0.15) is 11.5 Å². The molecule has 0 aliphatic heterocycles. The van der Waals surface area contributed by atoms with Crippen molar-refractivity contribution in [3.63, 3.8) is 0 Å². The number of hydrogen-bond donors (Lipinski definition) is 0. The van der Waals surface area contributed by atoms with E-state index in [-0.39, 0.29) is 0 Å². The molecular formula is C40H54O2. The highest BCUT2D eigenvalue weighted by molar-refractivity contribution is 5.76. The van der Waals surface area contributed by atoms with E-state index in [1.165, 1.54) is 86.5 Å². The van der Waals surface area contributed by atoms with E-state index in [1.807, 2.05) is 0 Å². The van der Waals surface area contributed by atoms with Gasteiger partial charge in [0.05, 0.1) is 13.2 Å². The molecule has 2 nitrogen and oxygen atoms in total. The molecule has 226 valence electrons. The van der Waals surface area contributed by atoms with Gasteiger partial charge in [-0.15, -0.1) is 0 Å². The summed E-state index contributed by atoms with van der Waals surface area (Å²) in [5.41, 5.74) is 7.11. The van der Waals surface area contributed by atoms with Gasteiger partial charge < -0.3 is 9.47 Å². The van der Waals surface area contributed by atoms with E-state index < -0.39 is 0 Å². The van der Waals surface area contributed by atoms with E-state index in [9.17, 15) is 0 Å². The number of unbranched alkanes of at least 4 members (excludes halogenated alkanes) is 10. The molecule has 2 heteroatoms. The first-order valence-corrected chi connectivity index (χ1v) is 16.5. The standard InChI is InChI=1S/C40H54O2/c1-5-7-9-11-13-15-29-41-39-27-17-33(3)31-37(39)25-23-35-19-21-36(22-20-35)24-26-38-32-34(4)18-28-40(38)42-30-16-14-12-10-8-6-2/h17-28,31-32H,5-16,29-30H2,1-4H3/b25-23+,26-24+. The first-order chi connectivity index (χ1) is 20.6. The Balaban J connectivity index is 1.55. The lowest BCUT2D eigenvalue weighted by atomic mass is 10.1. The zero-order valence-electron chi connectivity index (χ0n) is 26.8. The van der Waals surface area contributed by atoms with Crippen molar-refractivity contribution in [2.45, 2.75) is 105 Å². The molecule has 0 spiro atoms. The Morgan fingerprint density at radius 2 is 0.833 bits per heavy atom. The average molecular weight is 567 g/mol. The van der Waals surface area contributed by atoms with Gasteiger partial charge in [0.15, 0.2) is 0 Å². The van der Waals surface area contributed by atoms with Gasteiger partial charge in [0.25, 0.3) is 0 Å². The topological polar surface area (TPSA) is 18.5 Å². The lowest BCUT2D eigenvalue weighted by Gasteiger charge is -2.10. The summed E-state index contributed by atoms with van der Waals surface area (Å²) in [6.45, 7) is 10.4. The van der Waals surface area contributed by atoms with Gasteiger partial charge in [0, 0.05) is 11.1 Å². The molecule has 42 heavy (non-hydrogen) atoms.